The predicted octanol–water partition coefficient (Wildman–Crippen LogP) is 3.73. The van der Waals surface area contributed by atoms with Gasteiger partial charge >= 0.3 is 11.9 Å². The Hall–Kier alpha value is -3.84. The number of ether oxygens (including phenoxy) is 4. The van der Waals surface area contributed by atoms with Crippen LogP contribution in [-0.4, -0.2) is 45.3 Å². The summed E-state index contributed by atoms with van der Waals surface area (Å²) < 4.78 is 20.6. The number of halogens is 1. The van der Waals surface area contributed by atoms with Crippen molar-refractivity contribution in [2.75, 3.05) is 32.8 Å². The van der Waals surface area contributed by atoms with E-state index in [1.54, 1.807) is 19.1 Å². The Morgan fingerprint density at radius 2 is 1.82 bits per heavy atom. The lowest BCUT2D eigenvalue weighted by atomic mass is 10.1. The van der Waals surface area contributed by atoms with Gasteiger partial charge in [0.25, 0.3) is 5.91 Å². The highest BCUT2D eigenvalue weighted by atomic mass is 79.9. The van der Waals surface area contributed by atoms with Crippen molar-refractivity contribution in [3.05, 3.63) is 57.6 Å². The molecule has 1 amide bonds. The van der Waals surface area contributed by atoms with Gasteiger partial charge in [-0.1, -0.05) is 15.9 Å². The van der Waals surface area contributed by atoms with E-state index in [4.69, 9.17) is 14.2 Å². The third-order valence-electron chi connectivity index (χ3n) is 4.17. The molecule has 0 bridgehead atoms. The molecule has 10 heteroatoms. The van der Waals surface area contributed by atoms with Crippen molar-refractivity contribution in [1.82, 2.24) is 0 Å². The number of nitrogens with one attached hydrogen (secondary N) is 1. The van der Waals surface area contributed by atoms with Gasteiger partial charge in [0.15, 0.2) is 18.1 Å². The van der Waals surface area contributed by atoms with Gasteiger partial charge in [0, 0.05) is 10.2 Å². The van der Waals surface area contributed by atoms with Crippen molar-refractivity contribution < 1.29 is 33.3 Å². The fourth-order valence-corrected chi connectivity index (χ4v) is 2.97. The summed E-state index contributed by atoms with van der Waals surface area (Å²) in [5, 5.41) is 12.1. The molecule has 9 nitrogen and oxygen atoms in total. The molecule has 172 valence electrons. The molecule has 0 unspecified atom stereocenters. The number of carbonyl (C=O) groups excluding carboxylic acids is 3. The zero-order chi connectivity index (χ0) is 24.4. The fraction of sp³-hybridized carbons (Fsp3) is 0.217. The number of methoxy groups -OCH3 is 2. The van der Waals surface area contributed by atoms with Crippen molar-refractivity contribution in [3.8, 4) is 17.6 Å². The zero-order valence-electron chi connectivity index (χ0n) is 18.1. The topological polar surface area (TPSA) is 124 Å². The zero-order valence-corrected chi connectivity index (χ0v) is 19.7. The second-order valence-corrected chi connectivity index (χ2v) is 7.17. The van der Waals surface area contributed by atoms with Gasteiger partial charge in [-0.15, -0.1) is 0 Å². The van der Waals surface area contributed by atoms with Crippen LogP contribution < -0.4 is 14.8 Å². The highest BCUT2D eigenvalue weighted by molar-refractivity contribution is 9.10. The Balaban J connectivity index is 2.22. The van der Waals surface area contributed by atoms with E-state index in [0.717, 1.165) is 0 Å². The third-order valence-corrected chi connectivity index (χ3v) is 4.86. The summed E-state index contributed by atoms with van der Waals surface area (Å²) >= 11 is 3.36. The molecule has 0 radical (unpaired) electrons. The molecule has 1 N–H and O–H groups in total. The molecule has 0 aromatic heterocycles. The lowest BCUT2D eigenvalue weighted by Gasteiger charge is -2.12. The molecule has 0 aliphatic carbocycles. The van der Waals surface area contributed by atoms with Crippen molar-refractivity contribution in [2.45, 2.75) is 6.92 Å². The summed E-state index contributed by atoms with van der Waals surface area (Å²) in [5.74, 6) is -1.10. The van der Waals surface area contributed by atoms with Crippen LogP contribution in [0.25, 0.3) is 6.08 Å². The summed E-state index contributed by atoms with van der Waals surface area (Å²) in [6.07, 6.45) is 1.37. The van der Waals surface area contributed by atoms with Gasteiger partial charge in [0.1, 0.15) is 11.6 Å². The lowest BCUT2D eigenvalue weighted by Crippen LogP contribution is -2.14. The maximum atomic E-state index is 12.6. The number of carbonyl (C=O) groups is 3. The number of rotatable bonds is 9. The summed E-state index contributed by atoms with van der Waals surface area (Å²) in [7, 11) is 2.66. The summed E-state index contributed by atoms with van der Waals surface area (Å²) in [5.41, 5.74) is 1.05. The molecule has 2 rings (SSSR count). The van der Waals surface area contributed by atoms with E-state index in [0.29, 0.717) is 27.0 Å². The summed E-state index contributed by atoms with van der Waals surface area (Å²) in [4.78, 5) is 35.6. The molecule has 0 saturated carbocycles. The minimum atomic E-state index is -0.640. The molecule has 0 heterocycles. The van der Waals surface area contributed by atoms with E-state index >= 15 is 0 Å². The fourth-order valence-electron chi connectivity index (χ4n) is 2.54. The summed E-state index contributed by atoms with van der Waals surface area (Å²) in [6.45, 7) is 1.65. The van der Waals surface area contributed by atoms with Crippen LogP contribution in [0.5, 0.6) is 11.5 Å². The van der Waals surface area contributed by atoms with Crippen molar-refractivity contribution in [3.63, 3.8) is 0 Å². The molecule has 0 aliphatic heterocycles. The average molecular weight is 517 g/mol. The van der Waals surface area contributed by atoms with Crippen LogP contribution >= 0.6 is 15.9 Å². The van der Waals surface area contributed by atoms with Gasteiger partial charge in [0.05, 0.1) is 26.4 Å². The first-order valence-electron chi connectivity index (χ1n) is 9.60. The van der Waals surface area contributed by atoms with Crippen LogP contribution in [0.4, 0.5) is 5.69 Å². The van der Waals surface area contributed by atoms with Crippen LogP contribution in [0, 0.1) is 11.3 Å². The molecular weight excluding hydrogens is 496 g/mol. The molecule has 2 aromatic carbocycles. The number of anilines is 1. The number of hydrogen-bond acceptors (Lipinski definition) is 8. The third kappa shape index (κ3) is 7.08. The Kier molecular flexibility index (Phi) is 9.45. The van der Waals surface area contributed by atoms with Crippen LogP contribution in [0.15, 0.2) is 46.4 Å². The lowest BCUT2D eigenvalue weighted by molar-refractivity contribution is -0.142. The van der Waals surface area contributed by atoms with Crippen molar-refractivity contribution in [2.24, 2.45) is 0 Å². The van der Waals surface area contributed by atoms with Crippen molar-refractivity contribution >= 4 is 45.5 Å². The Bertz CT molecular complexity index is 1110. The maximum Gasteiger partial charge on any atom is 0.343 e. The van der Waals surface area contributed by atoms with Gasteiger partial charge in [-0.25, -0.2) is 9.59 Å². The Morgan fingerprint density at radius 1 is 1.12 bits per heavy atom. The Labute approximate surface area is 199 Å². The largest absolute Gasteiger partial charge is 0.493 e. The van der Waals surface area contributed by atoms with Crippen LogP contribution in [0.3, 0.4) is 0 Å². The van der Waals surface area contributed by atoms with Gasteiger partial charge < -0.3 is 24.3 Å². The maximum absolute atomic E-state index is 12.6. The molecular formula is C23H21BrN2O7. The number of nitrogens with zero attached hydrogens (tertiary/aromatic N) is 1. The number of benzene rings is 2. The standard InChI is InChI=1S/C23H21BrN2O7/c1-4-32-23(29)14-5-7-17(8-6-14)26-22(28)16(12-25)9-15-10-19(30-2)20(11-18(15)24)33-13-21(27)31-3/h5-11H,4,13H2,1-3H3,(H,26,28)/b16-9+. The van der Waals surface area contributed by atoms with Gasteiger partial charge in [-0.05, 0) is 55.0 Å². The normalized spacial score (nSPS) is 10.6. The highest BCUT2D eigenvalue weighted by Gasteiger charge is 2.15. The first-order valence-corrected chi connectivity index (χ1v) is 10.4. The van der Waals surface area contributed by atoms with E-state index in [2.05, 4.69) is 26.0 Å². The molecule has 0 fully saturated rings. The summed E-state index contributed by atoms with van der Waals surface area (Å²) in [6, 6.07) is 11.1. The van der Waals surface area contributed by atoms with E-state index in [1.165, 1.54) is 44.6 Å². The van der Waals surface area contributed by atoms with Gasteiger partial charge in [0.2, 0.25) is 0 Å². The quantitative estimate of drug-likeness (QED) is 0.303. The minimum absolute atomic E-state index is 0.171. The van der Waals surface area contributed by atoms with Gasteiger partial charge in [-0.3, -0.25) is 4.79 Å². The van der Waals surface area contributed by atoms with E-state index in [9.17, 15) is 19.6 Å². The van der Waals surface area contributed by atoms with E-state index in [1.807, 2.05) is 6.07 Å². The first-order chi connectivity index (χ1) is 15.8. The van der Waals surface area contributed by atoms with E-state index in [-0.39, 0.29) is 24.5 Å². The van der Waals surface area contributed by atoms with Gasteiger partial charge in [-0.2, -0.15) is 5.26 Å². The molecule has 33 heavy (non-hydrogen) atoms. The second-order valence-electron chi connectivity index (χ2n) is 6.31. The van der Waals surface area contributed by atoms with Crippen LogP contribution in [0.1, 0.15) is 22.8 Å². The monoisotopic (exact) mass is 516 g/mol. The highest BCUT2D eigenvalue weighted by Crippen LogP contribution is 2.34. The second kappa shape index (κ2) is 12.3. The molecule has 0 atom stereocenters. The number of amides is 1. The smallest absolute Gasteiger partial charge is 0.343 e. The average Bonchev–Trinajstić information content (AvgIpc) is 2.82. The predicted molar refractivity (Wildman–Crippen MR) is 123 cm³/mol. The van der Waals surface area contributed by atoms with E-state index < -0.39 is 17.8 Å². The number of nitriles is 1. The molecule has 2 aromatic rings. The number of hydrogen-bond donors (Lipinski definition) is 1. The molecule has 0 saturated heterocycles. The molecule has 0 aliphatic rings. The Morgan fingerprint density at radius 3 is 2.39 bits per heavy atom. The molecule has 0 spiro atoms. The van der Waals surface area contributed by atoms with Crippen LogP contribution in [-0.2, 0) is 19.1 Å². The van der Waals surface area contributed by atoms with Crippen LogP contribution in [0.2, 0.25) is 0 Å². The first kappa shape index (κ1) is 25.4. The minimum Gasteiger partial charge on any atom is -0.493 e. The number of esters is 2. The SMILES string of the molecule is CCOC(=O)c1ccc(NC(=O)/C(C#N)=C/c2cc(OC)c(OCC(=O)OC)cc2Br)cc1. The van der Waals surface area contributed by atoms with Crippen molar-refractivity contribution in [1.29, 1.82) is 5.26 Å².